The molecule has 0 saturated carbocycles. The number of rotatable bonds is 6. The van der Waals surface area contributed by atoms with Gasteiger partial charge in [-0.25, -0.2) is 13.1 Å². The number of hydrogen-bond acceptors (Lipinski definition) is 4. The fourth-order valence-corrected chi connectivity index (χ4v) is 4.03. The van der Waals surface area contributed by atoms with Gasteiger partial charge in [0.1, 0.15) is 0 Å². The summed E-state index contributed by atoms with van der Waals surface area (Å²) in [5.74, 6) is 0. The van der Waals surface area contributed by atoms with E-state index >= 15 is 0 Å². The molecular weight excluding hydrogens is 334 g/mol. The molecule has 0 radical (unpaired) electrons. The second-order valence-electron chi connectivity index (χ2n) is 6.38. The molecule has 6 heteroatoms. The zero-order valence-corrected chi connectivity index (χ0v) is 15.4. The van der Waals surface area contributed by atoms with Crippen molar-refractivity contribution in [3.8, 4) is 0 Å². The summed E-state index contributed by atoms with van der Waals surface area (Å²) in [4.78, 5) is 5.00. The molecule has 5 nitrogen and oxygen atoms in total. The first-order valence-corrected chi connectivity index (χ1v) is 10.1. The van der Waals surface area contributed by atoms with Crippen molar-refractivity contribution in [3.05, 3.63) is 60.2 Å². The molecule has 1 N–H and O–H groups in total. The van der Waals surface area contributed by atoms with Gasteiger partial charge < -0.3 is 4.90 Å². The summed E-state index contributed by atoms with van der Waals surface area (Å²) in [6.45, 7) is 6.93. The maximum Gasteiger partial charge on any atom is 0.240 e. The van der Waals surface area contributed by atoms with Gasteiger partial charge in [-0.05, 0) is 31.2 Å². The predicted octanol–water partition coefficient (Wildman–Crippen LogP) is 2.10. The number of anilines is 1. The van der Waals surface area contributed by atoms with Crippen molar-refractivity contribution in [2.75, 3.05) is 44.2 Å². The lowest BCUT2D eigenvalue weighted by molar-refractivity contribution is 0.262. The third-order valence-corrected chi connectivity index (χ3v) is 6.02. The van der Waals surface area contributed by atoms with Crippen molar-refractivity contribution in [1.29, 1.82) is 0 Å². The van der Waals surface area contributed by atoms with Crippen molar-refractivity contribution in [1.82, 2.24) is 9.62 Å². The van der Waals surface area contributed by atoms with Crippen molar-refractivity contribution in [2.45, 2.75) is 11.8 Å². The fraction of sp³-hybridized carbons (Fsp3) is 0.368. The van der Waals surface area contributed by atoms with Crippen molar-refractivity contribution >= 4 is 15.7 Å². The van der Waals surface area contributed by atoms with Crippen LogP contribution in [0.5, 0.6) is 0 Å². The topological polar surface area (TPSA) is 52.7 Å². The Labute approximate surface area is 150 Å². The molecule has 1 saturated heterocycles. The molecule has 1 heterocycles. The van der Waals surface area contributed by atoms with E-state index in [4.69, 9.17) is 0 Å². The molecule has 1 aliphatic heterocycles. The number of benzene rings is 2. The molecule has 0 aromatic heterocycles. The molecule has 0 amide bonds. The van der Waals surface area contributed by atoms with E-state index in [2.05, 4.69) is 38.8 Å². The molecule has 0 aliphatic carbocycles. The van der Waals surface area contributed by atoms with Crippen LogP contribution in [0.15, 0.2) is 59.5 Å². The zero-order chi connectivity index (χ0) is 17.7. The third-order valence-electron chi connectivity index (χ3n) is 4.55. The highest BCUT2D eigenvalue weighted by atomic mass is 32.2. The highest BCUT2D eigenvalue weighted by Crippen LogP contribution is 2.15. The molecule has 25 heavy (non-hydrogen) atoms. The van der Waals surface area contributed by atoms with E-state index in [0.717, 1.165) is 38.3 Å². The molecule has 134 valence electrons. The summed E-state index contributed by atoms with van der Waals surface area (Å²) in [7, 11) is -3.42. The van der Waals surface area contributed by atoms with Crippen LogP contribution in [-0.4, -0.2) is 52.6 Å². The van der Waals surface area contributed by atoms with Crippen molar-refractivity contribution < 1.29 is 8.42 Å². The Hall–Kier alpha value is -1.89. The van der Waals surface area contributed by atoms with E-state index in [1.165, 1.54) is 5.69 Å². The lowest BCUT2D eigenvalue weighted by Gasteiger charge is -2.36. The Morgan fingerprint density at radius 1 is 0.920 bits per heavy atom. The summed E-state index contributed by atoms with van der Waals surface area (Å²) in [6, 6.07) is 17.3. The summed E-state index contributed by atoms with van der Waals surface area (Å²) < 4.78 is 27.3. The van der Waals surface area contributed by atoms with Gasteiger partial charge in [0.15, 0.2) is 0 Å². The molecule has 2 aromatic rings. The summed E-state index contributed by atoms with van der Waals surface area (Å²) in [5, 5.41) is 0. The van der Waals surface area contributed by atoms with Crippen LogP contribution in [0.25, 0.3) is 0 Å². The maximum absolute atomic E-state index is 12.3. The second kappa shape index (κ2) is 7.99. The summed E-state index contributed by atoms with van der Waals surface area (Å²) >= 11 is 0. The molecule has 0 bridgehead atoms. The lowest BCUT2D eigenvalue weighted by Crippen LogP contribution is -2.48. The van der Waals surface area contributed by atoms with Crippen LogP contribution in [0.3, 0.4) is 0 Å². The first kappa shape index (κ1) is 17.9. The van der Waals surface area contributed by atoms with Crippen LogP contribution in [0.1, 0.15) is 5.56 Å². The van der Waals surface area contributed by atoms with Gasteiger partial charge in [-0.15, -0.1) is 0 Å². The van der Waals surface area contributed by atoms with Gasteiger partial charge in [-0.3, -0.25) is 4.90 Å². The van der Waals surface area contributed by atoms with E-state index in [0.29, 0.717) is 11.4 Å². The average molecular weight is 359 g/mol. The van der Waals surface area contributed by atoms with Gasteiger partial charge in [-0.2, -0.15) is 0 Å². The Balaban J connectivity index is 1.45. The standard InChI is InChI=1S/C19H25N3O2S/c1-17-7-9-19(10-8-17)25(23,24)20-11-12-21-13-15-22(16-14-21)18-5-3-2-4-6-18/h2-10,20H,11-16H2,1H3. The van der Waals surface area contributed by atoms with Crippen molar-refractivity contribution in [3.63, 3.8) is 0 Å². The van der Waals surface area contributed by atoms with Gasteiger partial charge in [0.2, 0.25) is 10.0 Å². The number of sulfonamides is 1. The highest BCUT2D eigenvalue weighted by molar-refractivity contribution is 7.89. The number of hydrogen-bond donors (Lipinski definition) is 1. The summed E-state index contributed by atoms with van der Waals surface area (Å²) in [5.41, 5.74) is 2.30. The Bertz CT molecular complexity index is 768. The first-order chi connectivity index (χ1) is 12.0. The van der Waals surface area contributed by atoms with Crippen LogP contribution in [0, 0.1) is 6.92 Å². The fourth-order valence-electron chi connectivity index (χ4n) is 3.01. The van der Waals surface area contributed by atoms with Gasteiger partial charge in [0.25, 0.3) is 0 Å². The third kappa shape index (κ3) is 4.81. The van der Waals surface area contributed by atoms with Gasteiger partial charge in [-0.1, -0.05) is 35.9 Å². The van der Waals surface area contributed by atoms with E-state index in [9.17, 15) is 8.42 Å². The number of nitrogens with zero attached hydrogens (tertiary/aromatic N) is 2. The van der Waals surface area contributed by atoms with E-state index in [-0.39, 0.29) is 0 Å². The van der Waals surface area contributed by atoms with Gasteiger partial charge in [0, 0.05) is 45.0 Å². The molecule has 0 unspecified atom stereocenters. The first-order valence-electron chi connectivity index (χ1n) is 8.63. The molecule has 2 aromatic carbocycles. The average Bonchev–Trinajstić information content (AvgIpc) is 2.63. The minimum atomic E-state index is -3.42. The molecular formula is C19H25N3O2S. The predicted molar refractivity (Wildman–Crippen MR) is 101 cm³/mol. The minimum absolute atomic E-state index is 0.326. The van der Waals surface area contributed by atoms with Crippen molar-refractivity contribution in [2.24, 2.45) is 0 Å². The lowest BCUT2D eigenvalue weighted by atomic mass is 10.2. The van der Waals surface area contributed by atoms with Gasteiger partial charge in [0.05, 0.1) is 4.90 Å². The highest BCUT2D eigenvalue weighted by Gasteiger charge is 2.18. The molecule has 3 rings (SSSR count). The zero-order valence-electron chi connectivity index (χ0n) is 14.6. The maximum atomic E-state index is 12.3. The quantitative estimate of drug-likeness (QED) is 0.858. The molecule has 1 fully saturated rings. The SMILES string of the molecule is Cc1ccc(S(=O)(=O)NCCN2CCN(c3ccccc3)CC2)cc1. The Morgan fingerprint density at radius 2 is 1.56 bits per heavy atom. The van der Waals surface area contributed by atoms with E-state index in [1.54, 1.807) is 12.1 Å². The molecule has 0 atom stereocenters. The Kier molecular flexibility index (Phi) is 5.73. The second-order valence-corrected chi connectivity index (χ2v) is 8.14. The minimum Gasteiger partial charge on any atom is -0.369 e. The van der Waals surface area contributed by atoms with Crippen LogP contribution in [-0.2, 0) is 10.0 Å². The van der Waals surface area contributed by atoms with Crippen LogP contribution in [0.4, 0.5) is 5.69 Å². The van der Waals surface area contributed by atoms with E-state index < -0.39 is 10.0 Å². The number of piperazine rings is 1. The number of nitrogens with one attached hydrogen (secondary N) is 1. The van der Waals surface area contributed by atoms with Gasteiger partial charge >= 0.3 is 0 Å². The van der Waals surface area contributed by atoms with E-state index in [1.807, 2.05) is 25.1 Å². The Morgan fingerprint density at radius 3 is 2.20 bits per heavy atom. The number of aryl methyl sites for hydroxylation is 1. The summed E-state index contributed by atoms with van der Waals surface area (Å²) in [6.07, 6.45) is 0. The molecule has 0 spiro atoms. The van der Waals surface area contributed by atoms with Crippen LogP contribution in [0.2, 0.25) is 0 Å². The monoisotopic (exact) mass is 359 g/mol. The van der Waals surface area contributed by atoms with Crippen LogP contribution >= 0.6 is 0 Å². The molecule has 1 aliphatic rings. The largest absolute Gasteiger partial charge is 0.369 e. The number of para-hydroxylation sites is 1. The normalized spacial score (nSPS) is 16.1. The smallest absolute Gasteiger partial charge is 0.240 e. The van der Waals surface area contributed by atoms with Crippen LogP contribution < -0.4 is 9.62 Å².